The van der Waals surface area contributed by atoms with E-state index in [-0.39, 0.29) is 17.9 Å². The van der Waals surface area contributed by atoms with Gasteiger partial charge in [-0.05, 0) is 0 Å². The molecule has 0 amide bonds. The molecule has 1 heterocycles. The number of alkyl halides is 1. The van der Waals surface area contributed by atoms with Crippen molar-refractivity contribution in [2.24, 2.45) is 5.92 Å². The van der Waals surface area contributed by atoms with Gasteiger partial charge >= 0.3 is 0 Å². The van der Waals surface area contributed by atoms with E-state index >= 15 is 0 Å². The summed E-state index contributed by atoms with van der Waals surface area (Å²) in [5, 5.41) is 20.6. The largest absolute Gasteiger partial charge is 0.396 e. The van der Waals surface area contributed by atoms with Crippen LogP contribution in [0, 0.1) is 5.92 Å². The molecule has 0 aromatic rings. The number of hydrogen-bond donors (Lipinski definition) is 3. The Morgan fingerprint density at radius 3 is 2.70 bits per heavy atom. The summed E-state index contributed by atoms with van der Waals surface area (Å²) in [6.45, 7) is 1.27. The molecule has 60 valence electrons. The lowest BCUT2D eigenvalue weighted by Gasteiger charge is -2.30. The van der Waals surface area contributed by atoms with E-state index in [1.165, 1.54) is 0 Å². The Labute approximate surface area is 65.0 Å². The van der Waals surface area contributed by atoms with Gasteiger partial charge in [0, 0.05) is 25.6 Å². The summed E-state index contributed by atoms with van der Waals surface area (Å²) in [6.07, 6.45) is -0.521. The van der Waals surface area contributed by atoms with E-state index < -0.39 is 6.10 Å². The molecule has 0 spiro atoms. The third kappa shape index (κ3) is 1.61. The highest BCUT2D eigenvalue weighted by molar-refractivity contribution is 6.21. The predicted octanol–water partition coefficient (Wildman–Crippen LogP) is -0.834. The first-order valence-corrected chi connectivity index (χ1v) is 3.83. The molecule has 1 rings (SSSR count). The second-order valence-electron chi connectivity index (χ2n) is 2.61. The van der Waals surface area contributed by atoms with E-state index in [1.54, 1.807) is 0 Å². The Morgan fingerprint density at radius 1 is 1.50 bits per heavy atom. The zero-order valence-electron chi connectivity index (χ0n) is 5.63. The molecule has 1 aliphatic heterocycles. The number of halogens is 1. The first-order valence-electron chi connectivity index (χ1n) is 3.39. The normalized spacial score (nSPS) is 41.7. The van der Waals surface area contributed by atoms with Crippen molar-refractivity contribution in [3.63, 3.8) is 0 Å². The molecule has 4 heteroatoms. The fraction of sp³-hybridized carbons (Fsp3) is 1.00. The molecule has 0 saturated carbocycles. The lowest BCUT2D eigenvalue weighted by atomic mass is 9.98. The van der Waals surface area contributed by atoms with Gasteiger partial charge in [0.05, 0.1) is 11.5 Å². The summed E-state index contributed by atoms with van der Waals surface area (Å²) in [5.74, 6) is -0.00887. The van der Waals surface area contributed by atoms with Crippen LogP contribution in [0.5, 0.6) is 0 Å². The maximum atomic E-state index is 9.17. The molecule has 1 saturated heterocycles. The smallest absolute Gasteiger partial charge is 0.0831 e. The van der Waals surface area contributed by atoms with Crippen LogP contribution in [-0.4, -0.2) is 41.4 Å². The van der Waals surface area contributed by atoms with Crippen LogP contribution in [0.4, 0.5) is 0 Å². The molecule has 10 heavy (non-hydrogen) atoms. The number of piperidine rings is 1. The van der Waals surface area contributed by atoms with E-state index in [4.69, 9.17) is 16.7 Å². The molecule has 0 radical (unpaired) electrons. The Kier molecular flexibility index (Phi) is 2.92. The number of aliphatic hydroxyl groups excluding tert-OH is 2. The molecule has 3 atom stereocenters. The zero-order valence-corrected chi connectivity index (χ0v) is 6.38. The lowest BCUT2D eigenvalue weighted by Crippen LogP contribution is -2.49. The summed E-state index contributed by atoms with van der Waals surface area (Å²) in [5.41, 5.74) is 0. The molecule has 0 aromatic heterocycles. The summed E-state index contributed by atoms with van der Waals surface area (Å²) >= 11 is 5.78. The van der Waals surface area contributed by atoms with Crippen molar-refractivity contribution in [1.29, 1.82) is 0 Å². The fourth-order valence-corrected chi connectivity index (χ4v) is 1.38. The van der Waals surface area contributed by atoms with Crippen molar-refractivity contribution >= 4 is 11.6 Å². The van der Waals surface area contributed by atoms with Gasteiger partial charge in [-0.3, -0.25) is 0 Å². The molecular formula is C6H12ClNO2. The van der Waals surface area contributed by atoms with Gasteiger partial charge < -0.3 is 15.5 Å². The average molecular weight is 166 g/mol. The van der Waals surface area contributed by atoms with Crippen molar-refractivity contribution in [2.75, 3.05) is 19.7 Å². The average Bonchev–Trinajstić information content (AvgIpc) is 1.95. The highest BCUT2D eigenvalue weighted by atomic mass is 35.5. The lowest BCUT2D eigenvalue weighted by molar-refractivity contribution is 0.0928. The van der Waals surface area contributed by atoms with Gasteiger partial charge in [-0.2, -0.15) is 0 Å². The van der Waals surface area contributed by atoms with Gasteiger partial charge in [-0.25, -0.2) is 0 Å². The molecule has 3 unspecified atom stereocenters. The van der Waals surface area contributed by atoms with E-state index in [0.717, 1.165) is 0 Å². The minimum Gasteiger partial charge on any atom is -0.396 e. The molecule has 1 aliphatic rings. The number of aliphatic hydroxyl groups is 2. The number of rotatable bonds is 1. The highest BCUT2D eigenvalue weighted by Gasteiger charge is 2.29. The predicted molar refractivity (Wildman–Crippen MR) is 39.1 cm³/mol. The van der Waals surface area contributed by atoms with E-state index in [9.17, 15) is 5.11 Å². The van der Waals surface area contributed by atoms with Gasteiger partial charge in [0.2, 0.25) is 0 Å². The standard InChI is InChI=1S/C6H12ClNO2/c7-6-4(3-9)1-8-2-5(6)10/h4-6,8-10H,1-3H2. The van der Waals surface area contributed by atoms with Crippen LogP contribution in [0.1, 0.15) is 0 Å². The second-order valence-corrected chi connectivity index (χ2v) is 3.12. The van der Waals surface area contributed by atoms with Gasteiger partial charge in [0.15, 0.2) is 0 Å². The van der Waals surface area contributed by atoms with Crippen LogP contribution < -0.4 is 5.32 Å². The van der Waals surface area contributed by atoms with E-state index in [2.05, 4.69) is 5.32 Å². The van der Waals surface area contributed by atoms with Crippen LogP contribution in [-0.2, 0) is 0 Å². The van der Waals surface area contributed by atoms with Crippen LogP contribution in [0.2, 0.25) is 0 Å². The van der Waals surface area contributed by atoms with Crippen molar-refractivity contribution < 1.29 is 10.2 Å². The number of β-amino-alcohol motifs (C(OH)–C–C–N with tert-alkyl or cyclic N) is 1. The quantitative estimate of drug-likeness (QED) is 0.445. The molecule has 3 nitrogen and oxygen atoms in total. The number of hydrogen-bond acceptors (Lipinski definition) is 3. The number of nitrogens with one attached hydrogen (secondary N) is 1. The Morgan fingerprint density at radius 2 is 2.20 bits per heavy atom. The highest BCUT2D eigenvalue weighted by Crippen LogP contribution is 2.17. The van der Waals surface area contributed by atoms with Gasteiger partial charge in [0.1, 0.15) is 0 Å². The molecule has 0 aromatic carbocycles. The summed E-state index contributed by atoms with van der Waals surface area (Å²) < 4.78 is 0. The molecular weight excluding hydrogens is 154 g/mol. The molecule has 0 bridgehead atoms. The summed E-state index contributed by atoms with van der Waals surface area (Å²) in [6, 6.07) is 0. The van der Waals surface area contributed by atoms with Gasteiger partial charge in [0.25, 0.3) is 0 Å². The third-order valence-corrected chi connectivity index (χ3v) is 2.46. The van der Waals surface area contributed by atoms with Crippen molar-refractivity contribution in [1.82, 2.24) is 5.32 Å². The minimum absolute atomic E-state index is 0.00887. The van der Waals surface area contributed by atoms with Crippen molar-refractivity contribution in [3.8, 4) is 0 Å². The van der Waals surface area contributed by atoms with Crippen LogP contribution in [0.15, 0.2) is 0 Å². The van der Waals surface area contributed by atoms with Gasteiger partial charge in [-0.1, -0.05) is 0 Å². The van der Waals surface area contributed by atoms with Crippen LogP contribution >= 0.6 is 11.6 Å². The molecule has 3 N–H and O–H groups in total. The zero-order chi connectivity index (χ0) is 7.56. The maximum Gasteiger partial charge on any atom is 0.0831 e. The fourth-order valence-electron chi connectivity index (χ4n) is 1.12. The van der Waals surface area contributed by atoms with Crippen LogP contribution in [0.3, 0.4) is 0 Å². The minimum atomic E-state index is -0.521. The second kappa shape index (κ2) is 3.53. The summed E-state index contributed by atoms with van der Waals surface area (Å²) in [4.78, 5) is 0. The molecule has 1 fully saturated rings. The first kappa shape index (κ1) is 8.27. The van der Waals surface area contributed by atoms with E-state index in [1.807, 2.05) is 0 Å². The third-order valence-electron chi connectivity index (χ3n) is 1.81. The van der Waals surface area contributed by atoms with Crippen molar-refractivity contribution in [3.05, 3.63) is 0 Å². The maximum absolute atomic E-state index is 9.17. The monoisotopic (exact) mass is 165 g/mol. The van der Waals surface area contributed by atoms with Crippen molar-refractivity contribution in [2.45, 2.75) is 11.5 Å². The summed E-state index contributed by atoms with van der Waals surface area (Å²) in [7, 11) is 0. The molecule has 0 aliphatic carbocycles. The van der Waals surface area contributed by atoms with E-state index in [0.29, 0.717) is 13.1 Å². The van der Waals surface area contributed by atoms with Gasteiger partial charge in [-0.15, -0.1) is 11.6 Å². The first-order chi connectivity index (χ1) is 4.75. The SMILES string of the molecule is OCC1CNCC(O)C1Cl. The van der Waals surface area contributed by atoms with Crippen LogP contribution in [0.25, 0.3) is 0 Å². The Bertz CT molecular complexity index is 112. The Balaban J connectivity index is 2.42. The Hall–Kier alpha value is 0.170. The topological polar surface area (TPSA) is 52.5 Å².